The maximum absolute atomic E-state index is 10.3. The van der Waals surface area contributed by atoms with Crippen molar-refractivity contribution in [1.29, 1.82) is 0 Å². The van der Waals surface area contributed by atoms with E-state index in [9.17, 15) is 10.2 Å². The first kappa shape index (κ1) is 28.4. The van der Waals surface area contributed by atoms with Gasteiger partial charge in [-0.2, -0.15) is 0 Å². The smallest absolute Gasteiger partial charge is 0.119 e. The van der Waals surface area contributed by atoms with Crippen molar-refractivity contribution in [2.45, 2.75) is 97.4 Å². The second-order valence-corrected chi connectivity index (χ2v) is 11.0. The highest BCUT2D eigenvalue weighted by atomic mass is 16.5. The molecule has 2 unspecified atom stereocenters. The molecule has 0 radical (unpaired) electrons. The maximum Gasteiger partial charge on any atom is 0.119 e. The van der Waals surface area contributed by atoms with Crippen molar-refractivity contribution in [2.75, 3.05) is 13.2 Å². The summed E-state index contributed by atoms with van der Waals surface area (Å²) in [7, 11) is 0. The lowest BCUT2D eigenvalue weighted by molar-refractivity contribution is -0.0508. The molecular weight excluding hydrogens is 424 g/mol. The Kier molecular flexibility index (Phi) is 10.6. The third kappa shape index (κ3) is 9.05. The number of ether oxygens (including phenoxy) is 2. The van der Waals surface area contributed by atoms with Crippen LogP contribution in [-0.4, -0.2) is 41.2 Å². The minimum Gasteiger partial charge on any atom is -0.491 e. The molecule has 0 fully saturated rings. The first-order valence-electron chi connectivity index (χ1n) is 12.8. The van der Waals surface area contributed by atoms with Crippen LogP contribution in [0.3, 0.4) is 0 Å². The highest BCUT2D eigenvalue weighted by molar-refractivity contribution is 5.40. The first-order valence-corrected chi connectivity index (χ1v) is 12.8. The van der Waals surface area contributed by atoms with Gasteiger partial charge in [-0.05, 0) is 74.8 Å². The topological polar surface area (TPSA) is 58.9 Å². The van der Waals surface area contributed by atoms with Crippen LogP contribution in [0.15, 0.2) is 48.5 Å². The molecule has 0 spiro atoms. The normalized spacial score (nSPS) is 14.3. The Labute approximate surface area is 207 Å². The molecule has 0 aromatic heterocycles. The highest BCUT2D eigenvalue weighted by Gasteiger charge is 2.24. The van der Waals surface area contributed by atoms with Gasteiger partial charge in [0.15, 0.2) is 0 Å². The predicted molar refractivity (Wildman–Crippen MR) is 141 cm³/mol. The number of aliphatic hydroxyl groups excluding tert-OH is 2. The van der Waals surface area contributed by atoms with E-state index in [-0.39, 0.29) is 23.7 Å². The molecular formula is C30H46O4. The molecule has 4 heteroatoms. The molecule has 0 aliphatic heterocycles. The molecule has 190 valence electrons. The van der Waals surface area contributed by atoms with Gasteiger partial charge in [0.25, 0.3) is 0 Å². The molecule has 2 aromatic carbocycles. The van der Waals surface area contributed by atoms with Crippen LogP contribution in [-0.2, 0) is 16.6 Å². The molecule has 2 rings (SSSR count). The summed E-state index contributed by atoms with van der Waals surface area (Å²) in [6.45, 7) is 15.5. The largest absolute Gasteiger partial charge is 0.491 e. The van der Waals surface area contributed by atoms with Crippen LogP contribution in [0.1, 0.15) is 84.4 Å². The van der Waals surface area contributed by atoms with Crippen molar-refractivity contribution in [2.24, 2.45) is 5.92 Å². The second kappa shape index (κ2) is 12.7. The van der Waals surface area contributed by atoms with Gasteiger partial charge in [-0.15, -0.1) is 0 Å². The van der Waals surface area contributed by atoms with E-state index in [4.69, 9.17) is 9.47 Å². The van der Waals surface area contributed by atoms with Crippen molar-refractivity contribution in [3.8, 4) is 5.75 Å². The van der Waals surface area contributed by atoms with Crippen molar-refractivity contribution < 1.29 is 19.7 Å². The van der Waals surface area contributed by atoms with E-state index in [2.05, 4.69) is 64.1 Å². The van der Waals surface area contributed by atoms with Crippen LogP contribution < -0.4 is 4.74 Å². The Morgan fingerprint density at radius 3 is 1.91 bits per heavy atom. The molecule has 0 aliphatic rings. The first-order chi connectivity index (χ1) is 15.9. The van der Waals surface area contributed by atoms with Gasteiger partial charge in [-0.1, -0.05) is 64.1 Å². The molecule has 0 heterocycles. The Morgan fingerprint density at radius 1 is 0.824 bits per heavy atom. The molecule has 0 amide bonds. The maximum atomic E-state index is 10.3. The zero-order valence-electron chi connectivity index (χ0n) is 22.3. The van der Waals surface area contributed by atoms with Crippen LogP contribution in [0.5, 0.6) is 5.75 Å². The zero-order chi connectivity index (χ0) is 25.4. The summed E-state index contributed by atoms with van der Waals surface area (Å²) in [6, 6.07) is 16.9. The lowest BCUT2D eigenvalue weighted by atomic mass is 9.78. The van der Waals surface area contributed by atoms with Crippen molar-refractivity contribution >= 4 is 0 Å². The Morgan fingerprint density at radius 2 is 1.38 bits per heavy atom. The fourth-order valence-corrected chi connectivity index (χ4v) is 4.49. The third-order valence-electron chi connectivity index (χ3n) is 6.47. The molecule has 2 atom stereocenters. The number of aliphatic hydroxyl groups is 2. The minimum absolute atomic E-state index is 0.144. The van der Waals surface area contributed by atoms with Gasteiger partial charge >= 0.3 is 0 Å². The fraction of sp³-hybridized carbons (Fsp3) is 0.600. The predicted octanol–water partition coefficient (Wildman–Crippen LogP) is 6.30. The second-order valence-electron chi connectivity index (χ2n) is 11.0. The average molecular weight is 471 g/mol. The minimum atomic E-state index is -0.581. The number of hydrogen-bond donors (Lipinski definition) is 2. The van der Waals surface area contributed by atoms with E-state index in [1.165, 1.54) is 16.7 Å². The summed E-state index contributed by atoms with van der Waals surface area (Å²) in [5.41, 5.74) is 3.21. The summed E-state index contributed by atoms with van der Waals surface area (Å²) >= 11 is 0. The van der Waals surface area contributed by atoms with E-state index < -0.39 is 6.10 Å². The number of hydrogen-bond acceptors (Lipinski definition) is 4. The molecule has 0 bridgehead atoms. The van der Waals surface area contributed by atoms with Crippen LogP contribution in [0.25, 0.3) is 0 Å². The lowest BCUT2D eigenvalue weighted by Crippen LogP contribution is -2.32. The quantitative estimate of drug-likeness (QED) is 0.340. The Balaban J connectivity index is 1.93. The van der Waals surface area contributed by atoms with Gasteiger partial charge in [0.05, 0.1) is 17.8 Å². The molecule has 0 aliphatic carbocycles. The van der Waals surface area contributed by atoms with Crippen molar-refractivity contribution in [3.05, 3.63) is 65.2 Å². The van der Waals surface area contributed by atoms with E-state index in [1.54, 1.807) is 0 Å². The van der Waals surface area contributed by atoms with Crippen LogP contribution in [0.2, 0.25) is 0 Å². The highest BCUT2D eigenvalue weighted by Crippen LogP contribution is 2.33. The van der Waals surface area contributed by atoms with Crippen molar-refractivity contribution in [3.63, 3.8) is 0 Å². The van der Waals surface area contributed by atoms with Gasteiger partial charge in [0, 0.05) is 18.4 Å². The average Bonchev–Trinajstić information content (AvgIpc) is 2.76. The summed E-state index contributed by atoms with van der Waals surface area (Å²) in [6.07, 6.45) is 2.28. The zero-order valence-corrected chi connectivity index (χ0v) is 22.3. The van der Waals surface area contributed by atoms with Gasteiger partial charge < -0.3 is 19.7 Å². The van der Waals surface area contributed by atoms with Crippen LogP contribution >= 0.6 is 0 Å². The molecule has 34 heavy (non-hydrogen) atoms. The molecule has 2 aromatic rings. The third-order valence-corrected chi connectivity index (χ3v) is 6.47. The van der Waals surface area contributed by atoms with Crippen molar-refractivity contribution in [1.82, 2.24) is 0 Å². The Hall–Kier alpha value is -1.88. The van der Waals surface area contributed by atoms with E-state index in [1.807, 2.05) is 32.9 Å². The van der Waals surface area contributed by atoms with Gasteiger partial charge in [-0.25, -0.2) is 0 Å². The molecule has 0 saturated carbocycles. The SMILES string of the molecule is CCOC(C)(C)CC(O)COc1ccc(C(C)(C)c2ccc(CCC(O)CC(C)C)cc2)cc1. The number of aryl methyl sites for hydroxylation is 1. The van der Waals surface area contributed by atoms with E-state index in [0.717, 1.165) is 25.0 Å². The summed E-state index contributed by atoms with van der Waals surface area (Å²) in [5.74, 6) is 1.27. The van der Waals surface area contributed by atoms with E-state index in [0.29, 0.717) is 18.9 Å². The van der Waals surface area contributed by atoms with Crippen LogP contribution in [0, 0.1) is 5.92 Å². The summed E-state index contributed by atoms with van der Waals surface area (Å²) < 4.78 is 11.5. The lowest BCUT2D eigenvalue weighted by Gasteiger charge is -2.28. The standard InChI is InChI=1S/C30H46O4/c1-8-34-29(4,5)20-27(32)21-33-28-17-14-25(15-18-28)30(6,7)24-12-9-23(10-13-24)11-16-26(31)19-22(2)3/h9-10,12-15,17-18,22,26-27,31-32H,8,11,16,19-21H2,1-7H3. The Bertz CT molecular complexity index is 837. The monoisotopic (exact) mass is 470 g/mol. The van der Waals surface area contributed by atoms with E-state index >= 15 is 0 Å². The molecule has 4 nitrogen and oxygen atoms in total. The van der Waals surface area contributed by atoms with Gasteiger partial charge in [0.2, 0.25) is 0 Å². The summed E-state index contributed by atoms with van der Waals surface area (Å²) in [5, 5.41) is 20.5. The van der Waals surface area contributed by atoms with Crippen LogP contribution in [0.4, 0.5) is 0 Å². The summed E-state index contributed by atoms with van der Waals surface area (Å²) in [4.78, 5) is 0. The fourth-order valence-electron chi connectivity index (χ4n) is 4.49. The molecule has 2 N–H and O–H groups in total. The van der Waals surface area contributed by atoms with Gasteiger partial charge in [0.1, 0.15) is 12.4 Å². The number of benzene rings is 2. The molecule has 0 saturated heterocycles. The van der Waals surface area contributed by atoms with Gasteiger partial charge in [-0.3, -0.25) is 0 Å². The number of rotatable bonds is 14.